The van der Waals surface area contributed by atoms with Gasteiger partial charge in [0.1, 0.15) is 18.2 Å². The molecular weight excluding hydrogens is 264 g/mol. The van der Waals surface area contributed by atoms with Crippen molar-refractivity contribution in [2.45, 2.75) is 53.7 Å². The topological polar surface area (TPSA) is 50.3 Å². The monoisotopic (exact) mass is 294 g/mol. The van der Waals surface area contributed by atoms with Crippen LogP contribution < -0.4 is 10.2 Å². The smallest absolute Gasteiger partial charge is 0.158 e. The summed E-state index contributed by atoms with van der Waals surface area (Å²) in [6.07, 6.45) is 1.07. The van der Waals surface area contributed by atoms with Gasteiger partial charge in [-0.15, -0.1) is 0 Å². The summed E-state index contributed by atoms with van der Waals surface area (Å²) in [4.78, 5) is 11.5. The van der Waals surface area contributed by atoms with Crippen LogP contribution in [0.15, 0.2) is 6.07 Å². The van der Waals surface area contributed by atoms with Gasteiger partial charge in [0.25, 0.3) is 0 Å². The van der Waals surface area contributed by atoms with Crippen molar-refractivity contribution in [3.63, 3.8) is 0 Å². The molecule has 0 fully saturated rings. The second kappa shape index (κ2) is 8.82. The molecule has 0 atom stereocenters. The molecule has 21 heavy (non-hydrogen) atoms. The average Bonchev–Trinajstić information content (AvgIpc) is 2.42. The molecule has 1 rings (SSSR count). The molecule has 0 aliphatic carbocycles. The normalized spacial score (nSPS) is 11.2. The van der Waals surface area contributed by atoms with E-state index in [2.05, 4.69) is 54.8 Å². The van der Waals surface area contributed by atoms with Crippen LogP contribution >= 0.6 is 0 Å². The van der Waals surface area contributed by atoms with E-state index >= 15 is 0 Å². The average molecular weight is 294 g/mol. The van der Waals surface area contributed by atoms with Crippen molar-refractivity contribution < 1.29 is 4.74 Å². The van der Waals surface area contributed by atoms with E-state index in [1.165, 1.54) is 0 Å². The molecule has 1 aromatic heterocycles. The zero-order chi connectivity index (χ0) is 15.8. The van der Waals surface area contributed by atoms with Crippen LogP contribution in [0.2, 0.25) is 0 Å². The van der Waals surface area contributed by atoms with Gasteiger partial charge in [-0.1, -0.05) is 20.8 Å². The Morgan fingerprint density at radius 2 is 1.95 bits per heavy atom. The largest absolute Gasteiger partial charge is 0.377 e. The number of nitrogens with one attached hydrogen (secondary N) is 1. The molecule has 0 amide bonds. The molecular formula is C16H30N4O. The Kier molecular flexibility index (Phi) is 7.43. The van der Waals surface area contributed by atoms with E-state index < -0.39 is 0 Å². The summed E-state index contributed by atoms with van der Waals surface area (Å²) in [6.45, 7) is 13.3. The lowest BCUT2D eigenvalue weighted by molar-refractivity contribution is 0.178. The van der Waals surface area contributed by atoms with Crippen molar-refractivity contribution in [1.82, 2.24) is 9.97 Å². The molecule has 0 aromatic carbocycles. The highest BCUT2D eigenvalue weighted by Crippen LogP contribution is 2.20. The molecule has 0 bridgehead atoms. The van der Waals surface area contributed by atoms with Crippen LogP contribution in [-0.4, -0.2) is 36.2 Å². The molecule has 0 spiro atoms. The Balaban J connectivity index is 3.08. The van der Waals surface area contributed by atoms with Gasteiger partial charge in [-0.2, -0.15) is 0 Å². The van der Waals surface area contributed by atoms with E-state index in [1.807, 2.05) is 6.07 Å². The van der Waals surface area contributed by atoms with Crippen molar-refractivity contribution in [1.29, 1.82) is 0 Å². The number of aromatic nitrogens is 2. The molecule has 5 heteroatoms. The summed E-state index contributed by atoms with van der Waals surface area (Å²) < 4.78 is 5.19. The van der Waals surface area contributed by atoms with Crippen LogP contribution in [-0.2, 0) is 11.3 Å². The van der Waals surface area contributed by atoms with Crippen LogP contribution in [0.5, 0.6) is 0 Å². The number of nitrogens with zero attached hydrogens (tertiary/aromatic N) is 3. The fourth-order valence-corrected chi connectivity index (χ4v) is 2.13. The van der Waals surface area contributed by atoms with Gasteiger partial charge >= 0.3 is 0 Å². The van der Waals surface area contributed by atoms with Crippen LogP contribution in [0.3, 0.4) is 0 Å². The molecule has 0 saturated carbocycles. The first-order valence-electron chi connectivity index (χ1n) is 7.85. The highest BCUT2D eigenvalue weighted by molar-refractivity contribution is 5.50. The van der Waals surface area contributed by atoms with Crippen molar-refractivity contribution in [3.8, 4) is 0 Å². The van der Waals surface area contributed by atoms with Crippen LogP contribution in [0.25, 0.3) is 0 Å². The molecule has 0 aliphatic rings. The Morgan fingerprint density at radius 3 is 2.48 bits per heavy atom. The van der Waals surface area contributed by atoms with Crippen molar-refractivity contribution in [3.05, 3.63) is 11.9 Å². The van der Waals surface area contributed by atoms with Crippen molar-refractivity contribution in [2.24, 2.45) is 5.92 Å². The Labute approximate surface area is 129 Å². The summed E-state index contributed by atoms with van der Waals surface area (Å²) in [5, 5.41) is 3.35. The number of anilines is 2. The van der Waals surface area contributed by atoms with E-state index in [0.29, 0.717) is 18.6 Å². The molecule has 0 unspecified atom stereocenters. The summed E-state index contributed by atoms with van der Waals surface area (Å²) in [6, 6.07) is 2.44. The lowest BCUT2D eigenvalue weighted by atomic mass is 10.2. The van der Waals surface area contributed by atoms with E-state index in [1.54, 1.807) is 7.11 Å². The lowest BCUT2D eigenvalue weighted by Gasteiger charge is -2.30. The molecule has 5 nitrogen and oxygen atoms in total. The predicted octanol–water partition coefficient (Wildman–Crippen LogP) is 3.32. The number of methoxy groups -OCH3 is 1. The van der Waals surface area contributed by atoms with E-state index in [-0.39, 0.29) is 0 Å². The molecule has 0 aliphatic heterocycles. The number of ether oxygens (including phenoxy) is 1. The fourth-order valence-electron chi connectivity index (χ4n) is 2.13. The van der Waals surface area contributed by atoms with E-state index in [0.717, 1.165) is 37.0 Å². The fraction of sp³-hybridized carbons (Fsp3) is 0.750. The molecule has 0 radical (unpaired) electrons. The van der Waals surface area contributed by atoms with Gasteiger partial charge in [0.15, 0.2) is 5.82 Å². The third-order valence-corrected chi connectivity index (χ3v) is 3.07. The Bertz CT molecular complexity index is 421. The molecule has 1 aromatic rings. The van der Waals surface area contributed by atoms with Crippen molar-refractivity contribution >= 4 is 11.6 Å². The van der Waals surface area contributed by atoms with E-state index in [9.17, 15) is 0 Å². The highest BCUT2D eigenvalue weighted by Gasteiger charge is 2.16. The second-order valence-electron chi connectivity index (χ2n) is 6.03. The summed E-state index contributed by atoms with van der Waals surface area (Å²) in [5.41, 5.74) is 0. The maximum Gasteiger partial charge on any atom is 0.158 e. The standard InChI is InChI=1S/C16H30N4O/c1-7-8-17-14-9-16(19-15(18-14)11-21-6)20(13(4)5)10-12(2)3/h9,12-13H,7-8,10-11H2,1-6H3,(H,17,18,19). The summed E-state index contributed by atoms with van der Waals surface area (Å²) in [5.74, 6) is 3.16. The van der Waals surface area contributed by atoms with Crippen LogP contribution in [0.4, 0.5) is 11.6 Å². The minimum absolute atomic E-state index is 0.400. The Hall–Kier alpha value is -1.36. The maximum absolute atomic E-state index is 5.19. The summed E-state index contributed by atoms with van der Waals surface area (Å²) >= 11 is 0. The number of hydrogen-bond acceptors (Lipinski definition) is 5. The number of hydrogen-bond donors (Lipinski definition) is 1. The van der Waals surface area contributed by atoms with Crippen molar-refractivity contribution in [2.75, 3.05) is 30.4 Å². The first-order valence-corrected chi connectivity index (χ1v) is 7.85. The minimum Gasteiger partial charge on any atom is -0.377 e. The lowest BCUT2D eigenvalue weighted by Crippen LogP contribution is -2.35. The minimum atomic E-state index is 0.400. The van der Waals surface area contributed by atoms with Gasteiger partial charge in [0.2, 0.25) is 0 Å². The molecule has 1 heterocycles. The van der Waals surface area contributed by atoms with E-state index in [4.69, 9.17) is 4.74 Å². The third kappa shape index (κ3) is 5.87. The van der Waals surface area contributed by atoms with Crippen LogP contribution in [0.1, 0.15) is 46.9 Å². The molecule has 1 N–H and O–H groups in total. The zero-order valence-electron chi connectivity index (χ0n) is 14.3. The van der Waals surface area contributed by atoms with Gasteiger partial charge < -0.3 is 15.0 Å². The predicted molar refractivity (Wildman–Crippen MR) is 88.8 cm³/mol. The second-order valence-corrected chi connectivity index (χ2v) is 6.03. The maximum atomic E-state index is 5.19. The van der Waals surface area contributed by atoms with Gasteiger partial charge in [0.05, 0.1) is 0 Å². The van der Waals surface area contributed by atoms with Gasteiger partial charge in [0, 0.05) is 32.3 Å². The summed E-state index contributed by atoms with van der Waals surface area (Å²) in [7, 11) is 1.67. The van der Waals surface area contributed by atoms with Gasteiger partial charge in [-0.05, 0) is 26.2 Å². The third-order valence-electron chi connectivity index (χ3n) is 3.07. The van der Waals surface area contributed by atoms with Crippen LogP contribution in [0, 0.1) is 5.92 Å². The van der Waals surface area contributed by atoms with Gasteiger partial charge in [-0.3, -0.25) is 0 Å². The molecule has 120 valence electrons. The SMILES string of the molecule is CCCNc1cc(N(CC(C)C)C(C)C)nc(COC)n1. The quantitative estimate of drug-likeness (QED) is 0.757. The van der Waals surface area contributed by atoms with Gasteiger partial charge in [-0.25, -0.2) is 9.97 Å². The first kappa shape index (κ1) is 17.7. The first-order chi connectivity index (χ1) is 9.97. The Morgan fingerprint density at radius 1 is 1.24 bits per heavy atom. The highest BCUT2D eigenvalue weighted by atomic mass is 16.5. The zero-order valence-corrected chi connectivity index (χ0v) is 14.3. The molecule has 0 saturated heterocycles. The number of rotatable bonds is 9.